The maximum Gasteiger partial charge on any atom is 0.332 e. The summed E-state index contributed by atoms with van der Waals surface area (Å²) >= 11 is 0. The Labute approximate surface area is 115 Å². The minimum atomic E-state index is -0.493. The van der Waals surface area contributed by atoms with Crippen LogP contribution < -0.4 is 16.2 Å². The van der Waals surface area contributed by atoms with Crippen molar-refractivity contribution in [1.82, 2.24) is 9.97 Å². The minimum Gasteiger partial charge on any atom is -0.347 e. The lowest BCUT2D eigenvalue weighted by Crippen LogP contribution is -2.29. The molecule has 0 saturated heterocycles. The fraction of sp³-hybridized carbons (Fsp3) is 0.545. The van der Waals surface area contributed by atoms with Crippen molar-refractivity contribution in [2.24, 2.45) is 5.84 Å². The minimum absolute atomic E-state index is 0.130. The summed E-state index contributed by atoms with van der Waals surface area (Å²) in [5.74, 6) is 5.65. The predicted octanol–water partition coefficient (Wildman–Crippen LogP) is 0.861. The summed E-state index contributed by atoms with van der Waals surface area (Å²) in [6.45, 7) is 1.95. The van der Waals surface area contributed by atoms with E-state index in [1.54, 1.807) is 11.8 Å². The third kappa shape index (κ3) is 2.75. The molecule has 0 aromatic carbocycles. The van der Waals surface area contributed by atoms with Crippen molar-refractivity contribution in [3.63, 3.8) is 0 Å². The summed E-state index contributed by atoms with van der Waals surface area (Å²) in [4.78, 5) is 20.6. The van der Waals surface area contributed by atoms with Crippen LogP contribution in [0.25, 0.3) is 0 Å². The van der Waals surface area contributed by atoms with E-state index in [-0.39, 0.29) is 35.6 Å². The summed E-state index contributed by atoms with van der Waals surface area (Å²) in [5, 5.41) is 20.0. The third-order valence-electron chi connectivity index (χ3n) is 3.08. The molecule has 20 heavy (non-hydrogen) atoms. The van der Waals surface area contributed by atoms with E-state index in [0.29, 0.717) is 6.54 Å². The summed E-state index contributed by atoms with van der Waals surface area (Å²) in [7, 11) is 0. The molecule has 9 nitrogen and oxygen atoms in total. The Kier molecular flexibility index (Phi) is 3.95. The second kappa shape index (κ2) is 5.66. The molecular formula is C11H15N7O2. The lowest BCUT2D eigenvalue weighted by atomic mass is 10.3. The van der Waals surface area contributed by atoms with Gasteiger partial charge in [-0.3, -0.25) is 15.5 Å². The normalized spacial score (nSPS) is 13.7. The highest BCUT2D eigenvalue weighted by Crippen LogP contribution is 2.37. The predicted molar refractivity (Wildman–Crippen MR) is 71.8 cm³/mol. The van der Waals surface area contributed by atoms with Gasteiger partial charge < -0.3 is 4.90 Å². The Morgan fingerprint density at radius 1 is 1.60 bits per heavy atom. The fourth-order valence-electron chi connectivity index (χ4n) is 2.05. The number of hydrogen-bond donors (Lipinski definition) is 2. The van der Waals surface area contributed by atoms with Crippen molar-refractivity contribution >= 4 is 17.5 Å². The molecule has 0 unspecified atom stereocenters. The molecule has 1 aliphatic rings. The average Bonchev–Trinajstić information content (AvgIpc) is 3.22. The van der Waals surface area contributed by atoms with E-state index < -0.39 is 4.92 Å². The molecule has 1 aliphatic carbocycles. The molecule has 3 N–H and O–H groups in total. The summed E-state index contributed by atoms with van der Waals surface area (Å²) < 4.78 is 0. The van der Waals surface area contributed by atoms with Crippen LogP contribution >= 0.6 is 0 Å². The molecule has 0 atom stereocenters. The Balaban J connectivity index is 2.47. The lowest BCUT2D eigenvalue weighted by molar-refractivity contribution is -0.385. The van der Waals surface area contributed by atoms with Gasteiger partial charge in [-0.05, 0) is 19.8 Å². The fourth-order valence-corrected chi connectivity index (χ4v) is 2.05. The first kappa shape index (κ1) is 14.0. The molecule has 0 radical (unpaired) electrons. The van der Waals surface area contributed by atoms with Crippen LogP contribution in [0.2, 0.25) is 0 Å². The van der Waals surface area contributed by atoms with E-state index in [0.717, 1.165) is 12.8 Å². The van der Waals surface area contributed by atoms with Gasteiger partial charge in [0.25, 0.3) is 0 Å². The Bertz CT molecular complexity index is 565. The lowest BCUT2D eigenvalue weighted by Gasteiger charge is -2.22. The van der Waals surface area contributed by atoms with Gasteiger partial charge in [-0.1, -0.05) is 0 Å². The van der Waals surface area contributed by atoms with E-state index >= 15 is 0 Å². The van der Waals surface area contributed by atoms with Crippen molar-refractivity contribution in [3.05, 3.63) is 15.8 Å². The molecule has 1 fully saturated rings. The Morgan fingerprint density at radius 2 is 2.30 bits per heavy atom. The van der Waals surface area contributed by atoms with Gasteiger partial charge in [0.05, 0.1) is 17.4 Å². The molecular weight excluding hydrogens is 262 g/mol. The van der Waals surface area contributed by atoms with Gasteiger partial charge >= 0.3 is 5.69 Å². The number of nitro groups is 1. The summed E-state index contributed by atoms with van der Waals surface area (Å²) in [6, 6.07) is 2.24. The van der Waals surface area contributed by atoms with Gasteiger partial charge in [-0.15, -0.1) is 0 Å². The monoisotopic (exact) mass is 277 g/mol. The molecule has 0 aliphatic heterocycles. The largest absolute Gasteiger partial charge is 0.347 e. The number of nitrogens with zero attached hydrogens (tertiary/aromatic N) is 5. The maximum atomic E-state index is 11.2. The molecule has 1 heterocycles. The number of hydrazine groups is 1. The third-order valence-corrected chi connectivity index (χ3v) is 3.08. The number of rotatable bonds is 6. The van der Waals surface area contributed by atoms with Crippen LogP contribution in [0.15, 0.2) is 0 Å². The first-order valence-electron chi connectivity index (χ1n) is 6.21. The number of aryl methyl sites for hydroxylation is 1. The second-order valence-electron chi connectivity index (χ2n) is 4.54. The van der Waals surface area contributed by atoms with Crippen LogP contribution in [-0.2, 0) is 0 Å². The number of anilines is 2. The molecule has 1 saturated carbocycles. The van der Waals surface area contributed by atoms with Crippen LogP contribution in [0.4, 0.5) is 17.5 Å². The molecule has 106 valence electrons. The van der Waals surface area contributed by atoms with Crippen molar-refractivity contribution < 1.29 is 4.92 Å². The zero-order valence-electron chi connectivity index (χ0n) is 11.0. The number of nitriles is 1. The van der Waals surface area contributed by atoms with Crippen LogP contribution in [0, 0.1) is 28.4 Å². The first-order chi connectivity index (χ1) is 9.58. The van der Waals surface area contributed by atoms with Gasteiger partial charge in [0, 0.05) is 12.6 Å². The molecule has 1 aromatic rings. The average molecular weight is 277 g/mol. The van der Waals surface area contributed by atoms with Gasteiger partial charge in [0.2, 0.25) is 11.8 Å². The van der Waals surface area contributed by atoms with Gasteiger partial charge in [-0.25, -0.2) is 10.8 Å². The zero-order valence-corrected chi connectivity index (χ0v) is 11.0. The topological polar surface area (TPSA) is 134 Å². The van der Waals surface area contributed by atoms with Crippen molar-refractivity contribution in [1.29, 1.82) is 5.26 Å². The van der Waals surface area contributed by atoms with E-state index in [2.05, 4.69) is 15.4 Å². The number of nitrogens with two attached hydrogens (primary N) is 1. The quantitative estimate of drug-likeness (QED) is 0.444. The molecule has 0 amide bonds. The van der Waals surface area contributed by atoms with E-state index in [9.17, 15) is 10.1 Å². The highest BCUT2D eigenvalue weighted by Gasteiger charge is 2.35. The van der Waals surface area contributed by atoms with Crippen molar-refractivity contribution in [2.75, 3.05) is 16.9 Å². The number of hydrogen-bond acceptors (Lipinski definition) is 8. The first-order valence-corrected chi connectivity index (χ1v) is 6.21. The standard InChI is InChI=1S/C11H15N7O2/c1-7-9(18(19)20)10(15-11(14-7)16-13)17(6-2-5-12)8-3-4-8/h8H,2-4,6,13H2,1H3,(H,14,15,16). The van der Waals surface area contributed by atoms with E-state index in [4.69, 9.17) is 11.1 Å². The SMILES string of the molecule is Cc1nc(NN)nc(N(CCC#N)C2CC2)c1[N+](=O)[O-]. The molecule has 1 aromatic heterocycles. The highest BCUT2D eigenvalue weighted by molar-refractivity contribution is 5.63. The van der Waals surface area contributed by atoms with Gasteiger partial charge in [-0.2, -0.15) is 10.2 Å². The smallest absolute Gasteiger partial charge is 0.332 e. The number of nitrogen functional groups attached to an aromatic ring is 1. The highest BCUT2D eigenvalue weighted by atomic mass is 16.6. The molecule has 2 rings (SSSR count). The number of nitrogens with one attached hydrogen (secondary N) is 1. The second-order valence-corrected chi connectivity index (χ2v) is 4.54. The van der Waals surface area contributed by atoms with Crippen LogP contribution in [-0.4, -0.2) is 27.5 Å². The number of aromatic nitrogens is 2. The Morgan fingerprint density at radius 3 is 2.80 bits per heavy atom. The zero-order chi connectivity index (χ0) is 14.7. The molecule has 0 spiro atoms. The van der Waals surface area contributed by atoms with Crippen LogP contribution in [0.5, 0.6) is 0 Å². The van der Waals surface area contributed by atoms with E-state index in [1.807, 2.05) is 6.07 Å². The van der Waals surface area contributed by atoms with Gasteiger partial charge in [0.15, 0.2) is 0 Å². The molecule has 0 bridgehead atoms. The van der Waals surface area contributed by atoms with Crippen LogP contribution in [0.1, 0.15) is 25.0 Å². The summed E-state index contributed by atoms with van der Waals surface area (Å²) in [5.41, 5.74) is 2.42. The maximum absolute atomic E-state index is 11.2. The van der Waals surface area contributed by atoms with E-state index in [1.165, 1.54) is 0 Å². The molecule has 9 heteroatoms. The van der Waals surface area contributed by atoms with Crippen LogP contribution in [0.3, 0.4) is 0 Å². The van der Waals surface area contributed by atoms with Crippen molar-refractivity contribution in [3.8, 4) is 6.07 Å². The van der Waals surface area contributed by atoms with Gasteiger partial charge in [0.1, 0.15) is 5.69 Å². The summed E-state index contributed by atoms with van der Waals surface area (Å²) in [6.07, 6.45) is 2.16. The Hall–Kier alpha value is -2.47. The van der Waals surface area contributed by atoms with Crippen molar-refractivity contribution in [2.45, 2.75) is 32.2 Å².